The summed E-state index contributed by atoms with van der Waals surface area (Å²) in [5, 5.41) is 0. The van der Waals surface area contributed by atoms with E-state index in [1.54, 1.807) is 0 Å². The molecule has 22 heavy (non-hydrogen) atoms. The molecule has 0 N–H and O–H groups in total. The Kier molecular flexibility index (Phi) is 3.48. The van der Waals surface area contributed by atoms with Crippen LogP contribution in [-0.4, -0.2) is 46.2 Å². The fraction of sp³-hybridized carbons (Fsp3) is 0.688. The van der Waals surface area contributed by atoms with Crippen LogP contribution >= 0.6 is 0 Å². The minimum absolute atomic E-state index is 0.0158. The summed E-state index contributed by atoms with van der Waals surface area (Å²) in [5.41, 5.74) is 1.68. The molecule has 0 bridgehead atoms. The fourth-order valence-electron chi connectivity index (χ4n) is 3.62. The monoisotopic (exact) mass is 303 g/mol. The van der Waals surface area contributed by atoms with E-state index >= 15 is 0 Å². The molecule has 1 aromatic rings. The molecular weight excluding hydrogens is 282 g/mol. The van der Waals surface area contributed by atoms with Gasteiger partial charge in [-0.1, -0.05) is 0 Å². The number of fused-ring (bicyclic) bond motifs is 1. The number of morpholine rings is 1. The van der Waals surface area contributed by atoms with Crippen LogP contribution in [0.1, 0.15) is 30.5 Å². The SMILES string of the molecule is O=C(Cn1cnc2c(c1=O)CCC2)N1CCOCC1C1CC1. The number of rotatable bonds is 3. The highest BCUT2D eigenvalue weighted by molar-refractivity contribution is 5.76. The molecule has 6 heteroatoms. The van der Waals surface area contributed by atoms with E-state index in [9.17, 15) is 9.59 Å². The highest BCUT2D eigenvalue weighted by Crippen LogP contribution is 2.36. The minimum atomic E-state index is -0.0351. The zero-order chi connectivity index (χ0) is 15.1. The van der Waals surface area contributed by atoms with Gasteiger partial charge in [0.25, 0.3) is 5.56 Å². The molecule has 1 saturated carbocycles. The lowest BCUT2D eigenvalue weighted by atomic mass is 10.1. The molecule has 1 atom stereocenters. The van der Waals surface area contributed by atoms with Crippen molar-refractivity contribution >= 4 is 5.91 Å². The van der Waals surface area contributed by atoms with Crippen LogP contribution in [0.5, 0.6) is 0 Å². The van der Waals surface area contributed by atoms with Gasteiger partial charge < -0.3 is 9.64 Å². The Morgan fingerprint density at radius 3 is 3.05 bits per heavy atom. The number of hydrogen-bond acceptors (Lipinski definition) is 4. The van der Waals surface area contributed by atoms with Gasteiger partial charge in [-0.15, -0.1) is 0 Å². The number of nitrogens with zero attached hydrogens (tertiary/aromatic N) is 3. The van der Waals surface area contributed by atoms with Crippen molar-refractivity contribution in [2.24, 2.45) is 5.92 Å². The molecule has 118 valence electrons. The second-order valence-corrected chi connectivity index (χ2v) is 6.52. The van der Waals surface area contributed by atoms with Crippen LogP contribution in [0, 0.1) is 5.92 Å². The van der Waals surface area contributed by atoms with Gasteiger partial charge in [-0.25, -0.2) is 4.98 Å². The van der Waals surface area contributed by atoms with E-state index in [4.69, 9.17) is 4.74 Å². The van der Waals surface area contributed by atoms with E-state index in [1.807, 2.05) is 4.90 Å². The summed E-state index contributed by atoms with van der Waals surface area (Å²) in [6.07, 6.45) is 6.56. The number of hydrogen-bond donors (Lipinski definition) is 0. The van der Waals surface area contributed by atoms with Crippen molar-refractivity contribution in [1.29, 1.82) is 0 Å². The molecule has 2 aliphatic carbocycles. The third-order valence-corrected chi connectivity index (χ3v) is 5.02. The van der Waals surface area contributed by atoms with E-state index < -0.39 is 0 Å². The predicted octanol–water partition coefficient (Wildman–Crippen LogP) is 0.369. The van der Waals surface area contributed by atoms with Gasteiger partial charge in [0.15, 0.2) is 0 Å². The van der Waals surface area contributed by atoms with Crippen LogP contribution < -0.4 is 5.56 Å². The summed E-state index contributed by atoms with van der Waals surface area (Å²) in [4.78, 5) is 31.3. The molecular formula is C16H21N3O3. The Morgan fingerprint density at radius 1 is 1.36 bits per heavy atom. The summed E-state index contributed by atoms with van der Waals surface area (Å²) in [5.74, 6) is 0.598. The molecule has 1 aliphatic heterocycles. The maximum atomic E-state index is 12.6. The number of aromatic nitrogens is 2. The molecule has 1 amide bonds. The Bertz CT molecular complexity index is 651. The van der Waals surface area contributed by atoms with Crippen LogP contribution in [0.15, 0.2) is 11.1 Å². The van der Waals surface area contributed by atoms with Gasteiger partial charge in [0.05, 0.1) is 31.3 Å². The number of aryl methyl sites for hydroxylation is 1. The number of ether oxygens (including phenoxy) is 1. The van der Waals surface area contributed by atoms with Crippen LogP contribution in [-0.2, 0) is 28.9 Å². The van der Waals surface area contributed by atoms with E-state index in [-0.39, 0.29) is 24.1 Å². The predicted molar refractivity (Wildman–Crippen MR) is 79.6 cm³/mol. The summed E-state index contributed by atoms with van der Waals surface area (Å²) < 4.78 is 7.00. The van der Waals surface area contributed by atoms with Crippen molar-refractivity contribution < 1.29 is 9.53 Å². The number of carbonyl (C=O) groups excluding carboxylic acids is 1. The molecule has 1 saturated heterocycles. The summed E-state index contributed by atoms with van der Waals surface area (Å²) >= 11 is 0. The van der Waals surface area contributed by atoms with Gasteiger partial charge in [0.2, 0.25) is 5.91 Å². The summed E-state index contributed by atoms with van der Waals surface area (Å²) in [7, 11) is 0. The second-order valence-electron chi connectivity index (χ2n) is 6.52. The van der Waals surface area contributed by atoms with Gasteiger partial charge >= 0.3 is 0 Å². The van der Waals surface area contributed by atoms with Gasteiger partial charge in [0.1, 0.15) is 6.54 Å². The Balaban J connectivity index is 1.53. The average Bonchev–Trinajstić information content (AvgIpc) is 3.27. The lowest BCUT2D eigenvalue weighted by molar-refractivity contribution is -0.141. The highest BCUT2D eigenvalue weighted by Gasteiger charge is 2.39. The molecule has 0 radical (unpaired) electrons. The molecule has 2 heterocycles. The topological polar surface area (TPSA) is 64.4 Å². The molecule has 1 unspecified atom stereocenters. The first kappa shape index (κ1) is 13.9. The maximum Gasteiger partial charge on any atom is 0.257 e. The van der Waals surface area contributed by atoms with E-state index in [2.05, 4.69) is 4.98 Å². The number of amides is 1. The smallest absolute Gasteiger partial charge is 0.257 e. The standard InChI is InChI=1S/C16H21N3O3/c20-15(19-6-7-22-9-14(19)11-4-5-11)8-18-10-17-13-3-1-2-12(13)16(18)21/h10-11,14H,1-9H2. The minimum Gasteiger partial charge on any atom is -0.377 e. The van der Waals surface area contributed by atoms with E-state index in [0.717, 1.165) is 30.5 Å². The van der Waals surface area contributed by atoms with Gasteiger partial charge in [0, 0.05) is 12.1 Å². The quantitative estimate of drug-likeness (QED) is 0.809. The Hall–Kier alpha value is -1.69. The Morgan fingerprint density at radius 2 is 2.23 bits per heavy atom. The van der Waals surface area contributed by atoms with Crippen molar-refractivity contribution in [2.75, 3.05) is 19.8 Å². The third-order valence-electron chi connectivity index (χ3n) is 5.02. The summed E-state index contributed by atoms with van der Waals surface area (Å²) in [6.45, 7) is 1.95. The maximum absolute atomic E-state index is 12.6. The van der Waals surface area contributed by atoms with Crippen molar-refractivity contribution in [3.05, 3.63) is 27.9 Å². The molecule has 2 fully saturated rings. The fourth-order valence-corrected chi connectivity index (χ4v) is 3.62. The lowest BCUT2D eigenvalue weighted by Gasteiger charge is -2.36. The second kappa shape index (κ2) is 5.50. The van der Waals surface area contributed by atoms with Crippen LogP contribution in [0.3, 0.4) is 0 Å². The highest BCUT2D eigenvalue weighted by atomic mass is 16.5. The van der Waals surface area contributed by atoms with E-state index in [0.29, 0.717) is 25.7 Å². The van der Waals surface area contributed by atoms with Crippen molar-refractivity contribution in [3.8, 4) is 0 Å². The first-order valence-corrected chi connectivity index (χ1v) is 8.18. The summed E-state index contributed by atoms with van der Waals surface area (Å²) in [6, 6.07) is 0.194. The van der Waals surface area contributed by atoms with Gasteiger partial charge in [-0.2, -0.15) is 0 Å². The third kappa shape index (κ3) is 2.45. The first-order chi connectivity index (χ1) is 10.7. The van der Waals surface area contributed by atoms with Crippen molar-refractivity contribution in [2.45, 2.75) is 44.7 Å². The Labute approximate surface area is 129 Å². The van der Waals surface area contributed by atoms with Gasteiger partial charge in [-0.05, 0) is 38.0 Å². The molecule has 0 aromatic carbocycles. The molecule has 6 nitrogen and oxygen atoms in total. The first-order valence-electron chi connectivity index (χ1n) is 8.18. The zero-order valence-corrected chi connectivity index (χ0v) is 12.7. The lowest BCUT2D eigenvalue weighted by Crippen LogP contribution is -2.51. The van der Waals surface area contributed by atoms with Crippen molar-refractivity contribution in [3.63, 3.8) is 0 Å². The van der Waals surface area contributed by atoms with Crippen molar-refractivity contribution in [1.82, 2.24) is 14.5 Å². The molecule has 4 rings (SSSR count). The van der Waals surface area contributed by atoms with Crippen LogP contribution in [0.4, 0.5) is 0 Å². The van der Waals surface area contributed by atoms with Crippen LogP contribution in [0.25, 0.3) is 0 Å². The van der Waals surface area contributed by atoms with Gasteiger partial charge in [-0.3, -0.25) is 14.2 Å². The average molecular weight is 303 g/mol. The van der Waals surface area contributed by atoms with E-state index in [1.165, 1.54) is 23.7 Å². The molecule has 1 aromatic heterocycles. The molecule has 3 aliphatic rings. The number of carbonyl (C=O) groups is 1. The normalized spacial score (nSPS) is 24.4. The molecule has 0 spiro atoms. The zero-order valence-electron chi connectivity index (χ0n) is 12.7. The van der Waals surface area contributed by atoms with Crippen LogP contribution in [0.2, 0.25) is 0 Å². The largest absolute Gasteiger partial charge is 0.377 e.